The molecular formula is C14H21NO2S. The molecule has 1 fully saturated rings. The lowest BCUT2D eigenvalue weighted by atomic mass is 9.98. The monoisotopic (exact) mass is 267 g/mol. The summed E-state index contributed by atoms with van der Waals surface area (Å²) in [5.74, 6) is 0.0684. The van der Waals surface area contributed by atoms with Gasteiger partial charge in [0.05, 0.1) is 12.5 Å². The van der Waals surface area contributed by atoms with Gasteiger partial charge in [-0.3, -0.25) is 4.79 Å². The van der Waals surface area contributed by atoms with Crippen molar-refractivity contribution < 1.29 is 9.53 Å². The first-order valence-electron chi connectivity index (χ1n) is 6.69. The topological polar surface area (TPSA) is 29.5 Å². The van der Waals surface area contributed by atoms with Gasteiger partial charge in [-0.2, -0.15) is 11.3 Å². The van der Waals surface area contributed by atoms with Crippen LogP contribution in [0.1, 0.15) is 25.3 Å². The predicted molar refractivity (Wildman–Crippen MR) is 73.8 cm³/mol. The second-order valence-corrected chi connectivity index (χ2v) is 5.55. The molecule has 1 atom stereocenters. The number of carbonyl (C=O) groups is 1. The smallest absolute Gasteiger partial charge is 0.310 e. The highest BCUT2D eigenvalue weighted by molar-refractivity contribution is 7.07. The maximum atomic E-state index is 11.7. The zero-order valence-electron chi connectivity index (χ0n) is 10.9. The molecule has 1 aliphatic heterocycles. The highest BCUT2D eigenvalue weighted by atomic mass is 32.1. The van der Waals surface area contributed by atoms with Crippen LogP contribution in [-0.4, -0.2) is 37.1 Å². The number of piperidine rings is 1. The number of hydrogen-bond donors (Lipinski definition) is 0. The van der Waals surface area contributed by atoms with Gasteiger partial charge < -0.3 is 9.64 Å². The Kier molecular flexibility index (Phi) is 5.20. The maximum absolute atomic E-state index is 11.7. The highest BCUT2D eigenvalue weighted by Gasteiger charge is 2.26. The lowest BCUT2D eigenvalue weighted by molar-refractivity contribution is -0.149. The van der Waals surface area contributed by atoms with Crippen molar-refractivity contribution in [3.05, 3.63) is 22.4 Å². The SMILES string of the molecule is CCOC(=O)C1CCCN(CCc2ccsc2)C1. The fourth-order valence-corrected chi connectivity index (χ4v) is 3.14. The maximum Gasteiger partial charge on any atom is 0.310 e. The molecular weight excluding hydrogens is 246 g/mol. The van der Waals surface area contributed by atoms with E-state index < -0.39 is 0 Å². The largest absolute Gasteiger partial charge is 0.466 e. The van der Waals surface area contributed by atoms with Gasteiger partial charge in [0.2, 0.25) is 0 Å². The van der Waals surface area contributed by atoms with Crippen LogP contribution in [0.4, 0.5) is 0 Å². The second kappa shape index (κ2) is 6.90. The molecule has 2 rings (SSSR count). The van der Waals surface area contributed by atoms with Crippen LogP contribution in [-0.2, 0) is 16.0 Å². The van der Waals surface area contributed by atoms with Crippen LogP contribution < -0.4 is 0 Å². The van der Waals surface area contributed by atoms with Gasteiger partial charge in [-0.1, -0.05) is 0 Å². The summed E-state index contributed by atoms with van der Waals surface area (Å²) in [5.41, 5.74) is 1.40. The van der Waals surface area contributed by atoms with Gasteiger partial charge in [-0.25, -0.2) is 0 Å². The highest BCUT2D eigenvalue weighted by Crippen LogP contribution is 2.18. The van der Waals surface area contributed by atoms with E-state index in [0.717, 1.165) is 38.9 Å². The third kappa shape index (κ3) is 3.82. The average Bonchev–Trinajstić information content (AvgIpc) is 2.90. The van der Waals surface area contributed by atoms with Crippen LogP contribution in [0.5, 0.6) is 0 Å². The first kappa shape index (κ1) is 13.6. The van der Waals surface area contributed by atoms with Crippen molar-refractivity contribution in [2.24, 2.45) is 5.92 Å². The molecule has 3 nitrogen and oxygen atoms in total. The molecule has 2 heterocycles. The fourth-order valence-electron chi connectivity index (χ4n) is 2.43. The number of rotatable bonds is 5. The first-order valence-corrected chi connectivity index (χ1v) is 7.64. The van der Waals surface area contributed by atoms with Crippen molar-refractivity contribution in [3.8, 4) is 0 Å². The van der Waals surface area contributed by atoms with E-state index in [1.54, 1.807) is 11.3 Å². The number of thiophene rings is 1. The number of ether oxygens (including phenoxy) is 1. The molecule has 0 saturated carbocycles. The molecule has 4 heteroatoms. The van der Waals surface area contributed by atoms with Gasteiger partial charge in [-0.15, -0.1) is 0 Å². The molecule has 100 valence electrons. The van der Waals surface area contributed by atoms with Crippen molar-refractivity contribution in [1.82, 2.24) is 4.90 Å². The summed E-state index contributed by atoms with van der Waals surface area (Å²) in [5, 5.41) is 4.32. The number of likely N-dealkylation sites (tertiary alicyclic amines) is 1. The second-order valence-electron chi connectivity index (χ2n) is 4.77. The van der Waals surface area contributed by atoms with Crippen LogP contribution in [0.25, 0.3) is 0 Å². The predicted octanol–water partition coefficient (Wildman–Crippen LogP) is 2.57. The molecule has 0 aromatic carbocycles. The van der Waals surface area contributed by atoms with Gasteiger partial charge in [-0.05, 0) is 55.1 Å². The minimum atomic E-state index is -0.0160. The van der Waals surface area contributed by atoms with Crippen molar-refractivity contribution in [3.63, 3.8) is 0 Å². The van der Waals surface area contributed by atoms with Crippen LogP contribution in [0.2, 0.25) is 0 Å². The minimum Gasteiger partial charge on any atom is -0.466 e. The lowest BCUT2D eigenvalue weighted by Crippen LogP contribution is -2.40. The molecule has 1 aliphatic rings. The Morgan fingerprint density at radius 3 is 3.22 bits per heavy atom. The molecule has 0 aliphatic carbocycles. The summed E-state index contributed by atoms with van der Waals surface area (Å²) in [6, 6.07) is 2.18. The van der Waals surface area contributed by atoms with Gasteiger partial charge in [0.1, 0.15) is 0 Å². The third-order valence-electron chi connectivity index (χ3n) is 3.42. The van der Waals surface area contributed by atoms with E-state index in [9.17, 15) is 4.79 Å². The summed E-state index contributed by atoms with van der Waals surface area (Å²) in [6.45, 7) is 5.38. The van der Waals surface area contributed by atoms with Crippen molar-refractivity contribution in [2.75, 3.05) is 26.2 Å². The Labute approximate surface area is 113 Å². The quantitative estimate of drug-likeness (QED) is 0.768. The van der Waals surface area contributed by atoms with Crippen molar-refractivity contribution in [2.45, 2.75) is 26.2 Å². The van der Waals surface area contributed by atoms with E-state index in [0.29, 0.717) is 6.61 Å². The molecule has 0 spiro atoms. The van der Waals surface area contributed by atoms with Gasteiger partial charge in [0.15, 0.2) is 0 Å². The van der Waals surface area contributed by atoms with Crippen molar-refractivity contribution in [1.29, 1.82) is 0 Å². The minimum absolute atomic E-state index is 0.0160. The Bertz CT molecular complexity index is 364. The Morgan fingerprint density at radius 1 is 1.61 bits per heavy atom. The average molecular weight is 267 g/mol. The number of nitrogens with zero attached hydrogens (tertiary/aromatic N) is 1. The molecule has 0 amide bonds. The molecule has 1 saturated heterocycles. The van der Waals surface area contributed by atoms with Crippen molar-refractivity contribution >= 4 is 17.3 Å². The Morgan fingerprint density at radius 2 is 2.50 bits per heavy atom. The molecule has 1 aromatic heterocycles. The molecule has 0 bridgehead atoms. The zero-order chi connectivity index (χ0) is 12.8. The lowest BCUT2D eigenvalue weighted by Gasteiger charge is -2.31. The van der Waals surface area contributed by atoms with E-state index in [1.807, 2.05) is 6.92 Å². The molecule has 1 unspecified atom stereocenters. The van der Waals surface area contributed by atoms with Gasteiger partial charge in [0.25, 0.3) is 0 Å². The fraction of sp³-hybridized carbons (Fsp3) is 0.643. The van der Waals surface area contributed by atoms with Gasteiger partial charge in [0, 0.05) is 13.1 Å². The van der Waals surface area contributed by atoms with E-state index >= 15 is 0 Å². The summed E-state index contributed by atoms with van der Waals surface area (Å²) < 4.78 is 5.12. The van der Waals surface area contributed by atoms with E-state index in [1.165, 1.54) is 5.56 Å². The molecule has 0 radical (unpaired) electrons. The number of esters is 1. The molecule has 0 N–H and O–H groups in total. The zero-order valence-corrected chi connectivity index (χ0v) is 11.7. The summed E-state index contributed by atoms with van der Waals surface area (Å²) in [7, 11) is 0. The van der Waals surface area contributed by atoms with Crippen LogP contribution >= 0.6 is 11.3 Å². The van der Waals surface area contributed by atoms with E-state index in [-0.39, 0.29) is 11.9 Å². The normalized spacial score (nSPS) is 20.8. The van der Waals surface area contributed by atoms with Crippen LogP contribution in [0, 0.1) is 5.92 Å². The molecule has 18 heavy (non-hydrogen) atoms. The number of carbonyl (C=O) groups excluding carboxylic acids is 1. The summed E-state index contributed by atoms with van der Waals surface area (Å²) >= 11 is 1.75. The van der Waals surface area contributed by atoms with Gasteiger partial charge >= 0.3 is 5.97 Å². The Balaban J connectivity index is 1.77. The molecule has 1 aromatic rings. The van der Waals surface area contributed by atoms with E-state index in [4.69, 9.17) is 4.74 Å². The van der Waals surface area contributed by atoms with Crippen LogP contribution in [0.3, 0.4) is 0 Å². The standard InChI is InChI=1S/C14H21NO2S/c1-2-17-14(16)13-4-3-7-15(10-13)8-5-12-6-9-18-11-12/h6,9,11,13H,2-5,7-8,10H2,1H3. The van der Waals surface area contributed by atoms with E-state index in [2.05, 4.69) is 21.7 Å². The number of hydrogen-bond acceptors (Lipinski definition) is 4. The summed E-state index contributed by atoms with van der Waals surface area (Å²) in [4.78, 5) is 14.1. The third-order valence-corrected chi connectivity index (χ3v) is 4.15. The van der Waals surface area contributed by atoms with Crippen LogP contribution in [0.15, 0.2) is 16.8 Å². The Hall–Kier alpha value is -0.870. The summed E-state index contributed by atoms with van der Waals surface area (Å²) in [6.07, 6.45) is 3.17. The first-order chi connectivity index (χ1) is 8.79.